The summed E-state index contributed by atoms with van der Waals surface area (Å²) in [6, 6.07) is 6.14. The van der Waals surface area contributed by atoms with E-state index in [4.69, 9.17) is 14.2 Å². The number of benzene rings is 2. The molecule has 0 saturated heterocycles. The zero-order chi connectivity index (χ0) is 24.4. The molecular weight excluding hydrogens is 463 g/mol. The van der Waals surface area contributed by atoms with Gasteiger partial charge >= 0.3 is 12.1 Å². The van der Waals surface area contributed by atoms with Crippen LogP contribution < -0.4 is 9.47 Å². The van der Waals surface area contributed by atoms with Crippen LogP contribution in [0.2, 0.25) is 0 Å². The largest absolute Gasteiger partial charge is 0.493 e. The number of nitrogens with zero attached hydrogens (tertiary/aromatic N) is 1. The Hall–Kier alpha value is -2.79. The molecular formula is C22H24F3NO6S. The van der Waals surface area contributed by atoms with Gasteiger partial charge in [-0.25, -0.2) is 8.42 Å². The normalized spacial score (nSPS) is 16.7. The first-order valence-electron chi connectivity index (χ1n) is 10.1. The van der Waals surface area contributed by atoms with Gasteiger partial charge in [-0.2, -0.15) is 17.5 Å². The summed E-state index contributed by atoms with van der Waals surface area (Å²) in [5.41, 5.74) is -0.115. The third-order valence-corrected chi connectivity index (χ3v) is 7.36. The number of carbonyl (C=O) groups excluding carboxylic acids is 1. The van der Waals surface area contributed by atoms with Crippen molar-refractivity contribution in [2.24, 2.45) is 0 Å². The van der Waals surface area contributed by atoms with Gasteiger partial charge in [0.25, 0.3) is 0 Å². The number of carbonyl (C=O) groups is 1. The van der Waals surface area contributed by atoms with Crippen molar-refractivity contribution in [3.63, 3.8) is 0 Å². The second kappa shape index (κ2) is 9.60. The van der Waals surface area contributed by atoms with E-state index in [1.54, 1.807) is 19.1 Å². The Bertz CT molecular complexity index is 1130. The Balaban J connectivity index is 2.16. The summed E-state index contributed by atoms with van der Waals surface area (Å²) >= 11 is 0. The van der Waals surface area contributed by atoms with Gasteiger partial charge in [-0.3, -0.25) is 4.79 Å². The fourth-order valence-corrected chi connectivity index (χ4v) is 5.75. The van der Waals surface area contributed by atoms with Gasteiger partial charge in [0.1, 0.15) is 0 Å². The molecule has 7 nitrogen and oxygen atoms in total. The number of halogens is 3. The van der Waals surface area contributed by atoms with Crippen molar-refractivity contribution in [1.82, 2.24) is 4.31 Å². The molecule has 0 unspecified atom stereocenters. The van der Waals surface area contributed by atoms with Crippen LogP contribution in [-0.2, 0) is 32.2 Å². The topological polar surface area (TPSA) is 82.1 Å². The Kier molecular flexibility index (Phi) is 7.23. The third-order valence-electron chi connectivity index (χ3n) is 5.40. The number of methoxy groups -OCH3 is 2. The van der Waals surface area contributed by atoms with Crippen LogP contribution in [0.15, 0.2) is 41.3 Å². The maximum absolute atomic E-state index is 13.6. The highest BCUT2D eigenvalue weighted by Gasteiger charge is 2.43. The number of hydrogen-bond acceptors (Lipinski definition) is 6. The van der Waals surface area contributed by atoms with E-state index in [-0.39, 0.29) is 26.0 Å². The van der Waals surface area contributed by atoms with E-state index in [0.29, 0.717) is 22.6 Å². The SMILES string of the molecule is CCOC(=O)C[C@@H]1c2cc(OC)c(OC)cc2CCN1S(=O)(=O)c1ccccc1C(F)(F)F. The molecule has 1 atom stereocenters. The first kappa shape index (κ1) is 24.8. The van der Waals surface area contributed by atoms with Gasteiger partial charge in [0.15, 0.2) is 11.5 Å². The van der Waals surface area contributed by atoms with E-state index in [2.05, 4.69) is 0 Å². The standard InChI is InChI=1S/C22H24F3NO6S/c1-4-32-21(27)13-17-15-12-19(31-3)18(30-2)11-14(15)9-10-26(17)33(28,29)20-8-6-5-7-16(20)22(23,24)25/h5-8,11-12,17H,4,9-10,13H2,1-3H3/t17-/m1/s1. The summed E-state index contributed by atoms with van der Waals surface area (Å²) in [4.78, 5) is 11.5. The molecule has 0 amide bonds. The van der Waals surface area contributed by atoms with Crippen molar-refractivity contribution in [2.45, 2.75) is 36.9 Å². The highest BCUT2D eigenvalue weighted by molar-refractivity contribution is 7.89. The van der Waals surface area contributed by atoms with Crippen LogP contribution in [0.3, 0.4) is 0 Å². The minimum atomic E-state index is -4.87. The molecule has 2 aromatic carbocycles. The monoisotopic (exact) mass is 487 g/mol. The molecule has 0 aliphatic carbocycles. The lowest BCUT2D eigenvalue weighted by atomic mass is 9.91. The maximum Gasteiger partial charge on any atom is 0.417 e. The molecule has 1 aliphatic rings. The van der Waals surface area contributed by atoms with Gasteiger partial charge in [0.05, 0.1) is 43.7 Å². The smallest absolute Gasteiger partial charge is 0.417 e. The maximum atomic E-state index is 13.6. The van der Waals surface area contributed by atoms with Gasteiger partial charge in [-0.05, 0) is 48.7 Å². The molecule has 11 heteroatoms. The van der Waals surface area contributed by atoms with Crippen LogP contribution in [-0.4, -0.2) is 46.1 Å². The zero-order valence-corrected chi connectivity index (χ0v) is 19.1. The molecule has 2 aromatic rings. The van der Waals surface area contributed by atoms with Crippen LogP contribution in [0, 0.1) is 0 Å². The quantitative estimate of drug-likeness (QED) is 0.550. The predicted molar refractivity (Wildman–Crippen MR) is 113 cm³/mol. The summed E-state index contributed by atoms with van der Waals surface area (Å²) in [5.74, 6) is 0.0550. The number of esters is 1. The molecule has 3 rings (SSSR count). The van der Waals surface area contributed by atoms with E-state index in [1.807, 2.05) is 0 Å². The fourth-order valence-electron chi connectivity index (χ4n) is 3.93. The average molecular weight is 487 g/mol. The van der Waals surface area contributed by atoms with Crippen LogP contribution in [0.25, 0.3) is 0 Å². The number of alkyl halides is 3. The number of sulfonamides is 1. The van der Waals surface area contributed by atoms with Crippen molar-refractivity contribution in [3.8, 4) is 11.5 Å². The lowest BCUT2D eigenvalue weighted by Crippen LogP contribution is -2.41. The molecule has 0 fully saturated rings. The molecule has 0 N–H and O–H groups in total. The molecule has 1 aliphatic heterocycles. The minimum Gasteiger partial charge on any atom is -0.493 e. The first-order chi connectivity index (χ1) is 15.5. The number of ether oxygens (including phenoxy) is 3. The summed E-state index contributed by atoms with van der Waals surface area (Å²) < 4.78 is 84.3. The minimum absolute atomic E-state index is 0.0774. The lowest BCUT2D eigenvalue weighted by Gasteiger charge is -2.36. The van der Waals surface area contributed by atoms with Crippen molar-refractivity contribution < 1.29 is 40.6 Å². The molecule has 0 spiro atoms. The lowest BCUT2D eigenvalue weighted by molar-refractivity contribution is -0.144. The van der Waals surface area contributed by atoms with E-state index < -0.39 is 38.7 Å². The first-order valence-corrected chi connectivity index (χ1v) is 11.6. The molecule has 0 aromatic heterocycles. The van der Waals surface area contributed by atoms with Crippen molar-refractivity contribution >= 4 is 16.0 Å². The molecule has 180 valence electrons. The van der Waals surface area contributed by atoms with Crippen molar-refractivity contribution in [2.75, 3.05) is 27.4 Å². The van der Waals surface area contributed by atoms with Gasteiger partial charge < -0.3 is 14.2 Å². The van der Waals surface area contributed by atoms with Crippen LogP contribution in [0.1, 0.15) is 36.1 Å². The Labute approximate surface area is 190 Å². The Morgan fingerprint density at radius 2 is 1.76 bits per heavy atom. The van der Waals surface area contributed by atoms with Gasteiger partial charge in [0, 0.05) is 6.54 Å². The molecule has 0 saturated carbocycles. The number of fused-ring (bicyclic) bond motifs is 1. The van der Waals surface area contributed by atoms with Gasteiger partial charge in [0.2, 0.25) is 10.0 Å². The summed E-state index contributed by atoms with van der Waals surface area (Å²) in [7, 11) is -1.77. The van der Waals surface area contributed by atoms with Gasteiger partial charge in [-0.15, -0.1) is 0 Å². The molecule has 0 radical (unpaired) electrons. The van der Waals surface area contributed by atoms with Crippen LogP contribution in [0.4, 0.5) is 13.2 Å². The van der Waals surface area contributed by atoms with Gasteiger partial charge in [-0.1, -0.05) is 12.1 Å². The number of rotatable bonds is 7. The van der Waals surface area contributed by atoms with Crippen molar-refractivity contribution in [1.29, 1.82) is 0 Å². The second-order valence-corrected chi connectivity index (χ2v) is 9.15. The highest BCUT2D eigenvalue weighted by Crippen LogP contribution is 2.43. The number of hydrogen-bond donors (Lipinski definition) is 0. The highest BCUT2D eigenvalue weighted by atomic mass is 32.2. The average Bonchev–Trinajstić information content (AvgIpc) is 2.77. The molecule has 33 heavy (non-hydrogen) atoms. The zero-order valence-electron chi connectivity index (χ0n) is 18.3. The van der Waals surface area contributed by atoms with Crippen LogP contribution in [0.5, 0.6) is 11.5 Å². The fraction of sp³-hybridized carbons (Fsp3) is 0.409. The van der Waals surface area contributed by atoms with E-state index in [9.17, 15) is 26.4 Å². The van der Waals surface area contributed by atoms with E-state index in [1.165, 1.54) is 20.3 Å². The second-order valence-electron chi connectivity index (χ2n) is 7.29. The summed E-state index contributed by atoms with van der Waals surface area (Å²) in [6.45, 7) is 1.56. The Morgan fingerprint density at radius 1 is 1.12 bits per heavy atom. The summed E-state index contributed by atoms with van der Waals surface area (Å²) in [6.07, 6.45) is -5.03. The molecule has 1 heterocycles. The van der Waals surface area contributed by atoms with Crippen molar-refractivity contribution in [3.05, 3.63) is 53.1 Å². The predicted octanol–water partition coefficient (Wildman–Crippen LogP) is 3.96. The third kappa shape index (κ3) is 4.93. The summed E-state index contributed by atoms with van der Waals surface area (Å²) in [5, 5.41) is 0. The van der Waals surface area contributed by atoms with E-state index in [0.717, 1.165) is 22.5 Å². The molecule has 0 bridgehead atoms. The van der Waals surface area contributed by atoms with Crippen LogP contribution >= 0.6 is 0 Å². The Morgan fingerprint density at radius 3 is 2.36 bits per heavy atom. The van der Waals surface area contributed by atoms with E-state index >= 15 is 0 Å².